The number of hydrogen-bond acceptors (Lipinski definition) is 6. The van der Waals surface area contributed by atoms with E-state index in [4.69, 9.17) is 0 Å². The molecule has 2 heterocycles. The Bertz CT molecular complexity index is 1490. The molecule has 186 valence electrons. The normalized spacial score (nSPS) is 14.6. The number of hydrogen-bond donors (Lipinski definition) is 2. The summed E-state index contributed by atoms with van der Waals surface area (Å²) in [6.45, 7) is 0.736. The average molecular weight is 504 g/mol. The second-order valence-corrected chi connectivity index (χ2v) is 11.3. The van der Waals surface area contributed by atoms with Gasteiger partial charge in [-0.05, 0) is 67.3 Å². The Morgan fingerprint density at radius 1 is 1.00 bits per heavy atom. The van der Waals surface area contributed by atoms with Gasteiger partial charge in [0.2, 0.25) is 5.95 Å². The van der Waals surface area contributed by atoms with E-state index >= 15 is 0 Å². The molecule has 0 saturated heterocycles. The van der Waals surface area contributed by atoms with E-state index in [0.717, 1.165) is 23.5 Å². The van der Waals surface area contributed by atoms with Gasteiger partial charge in [-0.15, -0.1) is 5.10 Å². The fourth-order valence-corrected chi connectivity index (χ4v) is 5.29. The first-order valence-corrected chi connectivity index (χ1v) is 14.1. The number of amides is 1. The van der Waals surface area contributed by atoms with Crippen molar-refractivity contribution in [1.29, 1.82) is 0 Å². The van der Waals surface area contributed by atoms with Crippen molar-refractivity contribution in [3.05, 3.63) is 72.3 Å². The van der Waals surface area contributed by atoms with Crippen molar-refractivity contribution in [2.75, 3.05) is 18.1 Å². The number of anilines is 2. The minimum absolute atomic E-state index is 0.0565. The third-order valence-corrected chi connectivity index (χ3v) is 7.71. The molecule has 1 amide bonds. The molecule has 0 atom stereocenters. The molecule has 0 aliphatic heterocycles. The molecule has 1 aliphatic carbocycles. The van der Waals surface area contributed by atoms with Crippen LogP contribution < -0.4 is 10.6 Å². The molecule has 36 heavy (non-hydrogen) atoms. The van der Waals surface area contributed by atoms with Crippen LogP contribution in [0.15, 0.2) is 71.6 Å². The second-order valence-electron chi connectivity index (χ2n) is 9.33. The monoisotopic (exact) mass is 503 g/mol. The Hall–Kier alpha value is -3.72. The lowest BCUT2D eigenvalue weighted by Gasteiger charge is -2.21. The molecule has 8 nitrogen and oxygen atoms in total. The Morgan fingerprint density at radius 3 is 2.50 bits per heavy atom. The topological polar surface area (TPSA) is 105 Å². The number of rotatable bonds is 7. The lowest BCUT2D eigenvalue weighted by Crippen LogP contribution is -2.30. The highest BCUT2D eigenvalue weighted by molar-refractivity contribution is 7.90. The first-order chi connectivity index (χ1) is 17.4. The van der Waals surface area contributed by atoms with Crippen LogP contribution in [0.2, 0.25) is 0 Å². The lowest BCUT2D eigenvalue weighted by atomic mass is 9.89. The summed E-state index contributed by atoms with van der Waals surface area (Å²) in [5.41, 5.74) is 3.45. The van der Waals surface area contributed by atoms with Gasteiger partial charge in [-0.1, -0.05) is 37.5 Å². The number of carbonyl (C=O) groups excluding carboxylic acids is 1. The molecule has 1 aliphatic rings. The summed E-state index contributed by atoms with van der Waals surface area (Å²) in [5.74, 6) is 0.929. The Kier molecular flexibility index (Phi) is 6.73. The highest BCUT2D eigenvalue weighted by Crippen LogP contribution is 2.25. The number of nitrogens with zero attached hydrogens (tertiary/aromatic N) is 3. The number of pyridine rings is 1. The van der Waals surface area contributed by atoms with Crippen molar-refractivity contribution in [3.63, 3.8) is 0 Å². The number of nitrogens with one attached hydrogen (secondary N) is 2. The largest absolute Gasteiger partial charge is 0.352 e. The highest BCUT2D eigenvalue weighted by Gasteiger charge is 2.16. The third kappa shape index (κ3) is 5.41. The molecule has 0 unspecified atom stereocenters. The smallest absolute Gasteiger partial charge is 0.251 e. The zero-order valence-electron chi connectivity index (χ0n) is 20.1. The first kappa shape index (κ1) is 24.0. The van der Waals surface area contributed by atoms with Crippen LogP contribution in [-0.4, -0.2) is 41.7 Å². The van der Waals surface area contributed by atoms with E-state index < -0.39 is 9.84 Å². The molecule has 0 radical (unpaired) electrons. The van der Waals surface area contributed by atoms with Crippen LogP contribution in [0.3, 0.4) is 0 Å². The molecular weight excluding hydrogens is 474 g/mol. The van der Waals surface area contributed by atoms with Gasteiger partial charge in [0.05, 0.1) is 10.6 Å². The van der Waals surface area contributed by atoms with Gasteiger partial charge < -0.3 is 10.6 Å². The van der Waals surface area contributed by atoms with Crippen LogP contribution in [0.1, 0.15) is 42.5 Å². The minimum Gasteiger partial charge on any atom is -0.352 e. The van der Waals surface area contributed by atoms with Crippen molar-refractivity contribution in [2.24, 2.45) is 5.92 Å². The molecule has 5 rings (SSSR count). The van der Waals surface area contributed by atoms with E-state index in [-0.39, 0.29) is 10.8 Å². The second kappa shape index (κ2) is 10.1. The highest BCUT2D eigenvalue weighted by atomic mass is 32.2. The summed E-state index contributed by atoms with van der Waals surface area (Å²) >= 11 is 0. The lowest BCUT2D eigenvalue weighted by molar-refractivity contribution is 0.0943. The molecule has 2 aromatic carbocycles. The fourth-order valence-electron chi connectivity index (χ4n) is 4.63. The molecule has 1 saturated carbocycles. The standard InChI is InChI=1S/C27H29N5O3S/c1-36(34,35)23-10-5-9-21(17-23)24-11-6-12-25-30-27(31-32(24)25)29-22-15-13-20(14-16-22)26(33)28-18-19-7-3-2-4-8-19/h5-6,9-17,19H,2-4,7-8,18H2,1H3,(H,28,33)(H,29,31). The van der Waals surface area contributed by atoms with Crippen LogP contribution in [0.4, 0.5) is 11.6 Å². The summed E-state index contributed by atoms with van der Waals surface area (Å²) in [7, 11) is -3.33. The van der Waals surface area contributed by atoms with Crippen LogP contribution in [-0.2, 0) is 9.84 Å². The van der Waals surface area contributed by atoms with E-state index in [1.165, 1.54) is 38.4 Å². The summed E-state index contributed by atoms with van der Waals surface area (Å²) in [4.78, 5) is 17.3. The predicted octanol–water partition coefficient (Wildman–Crippen LogP) is 4.85. The molecule has 4 aromatic rings. The van der Waals surface area contributed by atoms with Crippen molar-refractivity contribution >= 4 is 33.0 Å². The number of fused-ring (bicyclic) bond motifs is 1. The van der Waals surface area contributed by atoms with Crippen molar-refractivity contribution in [2.45, 2.75) is 37.0 Å². The van der Waals surface area contributed by atoms with Gasteiger partial charge in [-0.2, -0.15) is 4.98 Å². The van der Waals surface area contributed by atoms with Gasteiger partial charge in [-0.3, -0.25) is 4.79 Å². The molecule has 9 heteroatoms. The number of carbonyl (C=O) groups is 1. The van der Waals surface area contributed by atoms with Gasteiger partial charge in [0.25, 0.3) is 5.91 Å². The minimum atomic E-state index is -3.33. The number of benzene rings is 2. The quantitative estimate of drug-likeness (QED) is 0.373. The maximum absolute atomic E-state index is 12.5. The van der Waals surface area contributed by atoms with E-state index in [1.807, 2.05) is 36.4 Å². The van der Waals surface area contributed by atoms with E-state index in [9.17, 15) is 13.2 Å². The van der Waals surface area contributed by atoms with Crippen molar-refractivity contribution in [3.8, 4) is 11.3 Å². The van der Waals surface area contributed by atoms with Crippen LogP contribution in [0.25, 0.3) is 16.9 Å². The van der Waals surface area contributed by atoms with Gasteiger partial charge in [0.1, 0.15) is 0 Å². The molecule has 2 aromatic heterocycles. The summed E-state index contributed by atoms with van der Waals surface area (Å²) in [5, 5.41) is 10.8. The molecule has 2 N–H and O–H groups in total. The maximum atomic E-state index is 12.5. The van der Waals surface area contributed by atoms with E-state index in [2.05, 4.69) is 20.7 Å². The molecule has 1 fully saturated rings. The Labute approximate surface area is 210 Å². The van der Waals surface area contributed by atoms with E-state index in [1.54, 1.807) is 34.8 Å². The van der Waals surface area contributed by atoms with Gasteiger partial charge >= 0.3 is 0 Å². The zero-order chi connectivity index (χ0) is 25.1. The third-order valence-electron chi connectivity index (χ3n) is 6.60. The fraction of sp³-hybridized carbons (Fsp3) is 0.296. The van der Waals surface area contributed by atoms with Crippen LogP contribution >= 0.6 is 0 Å². The summed E-state index contributed by atoms with van der Waals surface area (Å²) in [6, 6.07) is 19.6. The van der Waals surface area contributed by atoms with Gasteiger partial charge in [0, 0.05) is 29.6 Å². The van der Waals surface area contributed by atoms with Gasteiger partial charge in [-0.25, -0.2) is 12.9 Å². The van der Waals surface area contributed by atoms with Crippen LogP contribution in [0.5, 0.6) is 0 Å². The van der Waals surface area contributed by atoms with Gasteiger partial charge in [0.15, 0.2) is 15.5 Å². The molecule has 0 spiro atoms. The Morgan fingerprint density at radius 2 is 1.75 bits per heavy atom. The Balaban J connectivity index is 1.30. The van der Waals surface area contributed by atoms with Crippen molar-refractivity contribution < 1.29 is 13.2 Å². The summed E-state index contributed by atoms with van der Waals surface area (Å²) in [6.07, 6.45) is 7.40. The first-order valence-electron chi connectivity index (χ1n) is 12.2. The average Bonchev–Trinajstić information content (AvgIpc) is 3.30. The molecule has 0 bridgehead atoms. The predicted molar refractivity (Wildman–Crippen MR) is 140 cm³/mol. The number of sulfone groups is 1. The van der Waals surface area contributed by atoms with Crippen molar-refractivity contribution in [1.82, 2.24) is 19.9 Å². The number of aromatic nitrogens is 3. The maximum Gasteiger partial charge on any atom is 0.251 e. The molecular formula is C27H29N5O3S. The van der Waals surface area contributed by atoms with E-state index in [0.29, 0.717) is 23.1 Å². The summed E-state index contributed by atoms with van der Waals surface area (Å²) < 4.78 is 25.7. The SMILES string of the molecule is CS(=O)(=O)c1cccc(-c2cccc3nc(Nc4ccc(C(=O)NCC5CCCCC5)cc4)nn23)c1. The van der Waals surface area contributed by atoms with Crippen LogP contribution in [0, 0.1) is 5.92 Å². The zero-order valence-corrected chi connectivity index (χ0v) is 21.0.